The van der Waals surface area contributed by atoms with Crippen molar-refractivity contribution in [3.8, 4) is 0 Å². The summed E-state index contributed by atoms with van der Waals surface area (Å²) in [6.07, 6.45) is 2.48. The zero-order valence-electron chi connectivity index (χ0n) is 9.81. The Labute approximate surface area is 119 Å². The average Bonchev–Trinajstić information content (AvgIpc) is 2.39. The van der Waals surface area contributed by atoms with Crippen LogP contribution in [-0.4, -0.2) is 16.5 Å². The lowest BCUT2D eigenvalue weighted by Gasteiger charge is -2.30. The summed E-state index contributed by atoms with van der Waals surface area (Å²) in [5, 5.41) is 0. The Kier molecular flexibility index (Phi) is 3.07. The van der Waals surface area contributed by atoms with E-state index in [1.807, 2.05) is 0 Å². The maximum Gasteiger partial charge on any atom is 0.132 e. The second-order valence-corrected chi connectivity index (χ2v) is 5.58. The molecular formula is C13H13IN4. The van der Waals surface area contributed by atoms with Crippen LogP contribution in [0, 0.1) is 3.57 Å². The van der Waals surface area contributed by atoms with Crippen LogP contribution in [0.3, 0.4) is 0 Å². The lowest BCUT2D eigenvalue weighted by Crippen LogP contribution is -2.31. The van der Waals surface area contributed by atoms with Crippen LogP contribution in [0.5, 0.6) is 0 Å². The molecule has 0 saturated carbocycles. The van der Waals surface area contributed by atoms with E-state index in [9.17, 15) is 0 Å². The van der Waals surface area contributed by atoms with Gasteiger partial charge in [-0.05, 0) is 40.8 Å². The first-order valence-corrected chi connectivity index (χ1v) is 6.90. The molecule has 0 radical (unpaired) electrons. The second kappa shape index (κ2) is 4.72. The molecule has 0 saturated heterocycles. The van der Waals surface area contributed by atoms with Gasteiger partial charge in [0.05, 0.1) is 5.69 Å². The van der Waals surface area contributed by atoms with E-state index in [4.69, 9.17) is 5.73 Å². The Morgan fingerprint density at radius 3 is 3.00 bits per heavy atom. The number of benzene rings is 1. The summed E-state index contributed by atoms with van der Waals surface area (Å²) in [6.45, 7) is 1.77. The Morgan fingerprint density at radius 1 is 1.28 bits per heavy atom. The van der Waals surface area contributed by atoms with Gasteiger partial charge in [0.1, 0.15) is 12.1 Å². The van der Waals surface area contributed by atoms with Crippen molar-refractivity contribution >= 4 is 34.1 Å². The Bertz CT molecular complexity index is 585. The largest absolute Gasteiger partial charge is 0.383 e. The summed E-state index contributed by atoms with van der Waals surface area (Å²) in [5.41, 5.74) is 9.32. The van der Waals surface area contributed by atoms with Crippen molar-refractivity contribution in [1.82, 2.24) is 9.97 Å². The molecule has 0 bridgehead atoms. The smallest absolute Gasteiger partial charge is 0.132 e. The fourth-order valence-electron chi connectivity index (χ4n) is 2.26. The SMILES string of the molecule is Nc1ncnc2c1CN(c1cccc(I)c1)CC2. The quantitative estimate of drug-likeness (QED) is 0.800. The summed E-state index contributed by atoms with van der Waals surface area (Å²) in [6, 6.07) is 8.50. The number of fused-ring (bicyclic) bond motifs is 1. The molecule has 1 aliphatic heterocycles. The van der Waals surface area contributed by atoms with Crippen LogP contribution in [0.25, 0.3) is 0 Å². The lowest BCUT2D eigenvalue weighted by molar-refractivity contribution is 0.708. The molecule has 1 aromatic heterocycles. The van der Waals surface area contributed by atoms with Crippen molar-refractivity contribution in [2.45, 2.75) is 13.0 Å². The molecule has 0 spiro atoms. The van der Waals surface area contributed by atoms with Gasteiger partial charge in [0.25, 0.3) is 0 Å². The fourth-order valence-corrected chi connectivity index (χ4v) is 2.78. The van der Waals surface area contributed by atoms with Crippen LogP contribution >= 0.6 is 22.6 Å². The van der Waals surface area contributed by atoms with Crippen molar-refractivity contribution in [3.63, 3.8) is 0 Å². The maximum absolute atomic E-state index is 5.93. The molecule has 0 aliphatic carbocycles. The molecule has 1 aromatic carbocycles. The van der Waals surface area contributed by atoms with Gasteiger partial charge < -0.3 is 10.6 Å². The molecule has 1 aliphatic rings. The van der Waals surface area contributed by atoms with Crippen molar-refractivity contribution in [2.24, 2.45) is 0 Å². The molecule has 18 heavy (non-hydrogen) atoms. The molecule has 0 atom stereocenters. The van der Waals surface area contributed by atoms with Crippen molar-refractivity contribution in [3.05, 3.63) is 45.4 Å². The lowest BCUT2D eigenvalue weighted by atomic mass is 10.1. The average molecular weight is 352 g/mol. The Morgan fingerprint density at radius 2 is 2.17 bits per heavy atom. The molecule has 0 unspecified atom stereocenters. The summed E-state index contributed by atoms with van der Waals surface area (Å²) in [4.78, 5) is 10.7. The monoisotopic (exact) mass is 352 g/mol. The third-order valence-electron chi connectivity index (χ3n) is 3.21. The summed E-state index contributed by atoms with van der Waals surface area (Å²) < 4.78 is 1.24. The van der Waals surface area contributed by atoms with Crippen LogP contribution < -0.4 is 10.6 Å². The minimum atomic E-state index is 0.607. The number of nitrogens with two attached hydrogens (primary N) is 1. The second-order valence-electron chi connectivity index (χ2n) is 4.34. The standard InChI is InChI=1S/C13H13IN4/c14-9-2-1-3-10(6-9)18-5-4-12-11(7-18)13(15)17-8-16-12/h1-3,6,8H,4-5,7H2,(H2,15,16,17). The number of nitrogen functional groups attached to an aromatic ring is 1. The minimum Gasteiger partial charge on any atom is -0.383 e. The zero-order valence-corrected chi connectivity index (χ0v) is 12.0. The van der Waals surface area contributed by atoms with E-state index in [2.05, 4.69) is 61.7 Å². The Hall–Kier alpha value is -1.37. The van der Waals surface area contributed by atoms with Crippen molar-refractivity contribution in [1.29, 1.82) is 0 Å². The van der Waals surface area contributed by atoms with Gasteiger partial charge in [-0.1, -0.05) is 6.07 Å². The molecule has 5 heteroatoms. The highest BCUT2D eigenvalue weighted by atomic mass is 127. The summed E-state index contributed by atoms with van der Waals surface area (Å²) >= 11 is 2.33. The van der Waals surface area contributed by atoms with Gasteiger partial charge in [-0.15, -0.1) is 0 Å². The molecule has 0 fully saturated rings. The fraction of sp³-hybridized carbons (Fsp3) is 0.231. The van der Waals surface area contributed by atoms with E-state index in [0.717, 1.165) is 30.8 Å². The van der Waals surface area contributed by atoms with Gasteiger partial charge in [0, 0.05) is 34.3 Å². The van der Waals surface area contributed by atoms with E-state index >= 15 is 0 Å². The van der Waals surface area contributed by atoms with E-state index in [0.29, 0.717) is 5.82 Å². The number of anilines is 2. The van der Waals surface area contributed by atoms with E-state index in [1.165, 1.54) is 9.26 Å². The topological polar surface area (TPSA) is 55.0 Å². The number of hydrogen-bond acceptors (Lipinski definition) is 4. The van der Waals surface area contributed by atoms with Gasteiger partial charge in [-0.25, -0.2) is 9.97 Å². The molecular weight excluding hydrogens is 339 g/mol. The van der Waals surface area contributed by atoms with Crippen LogP contribution in [0.4, 0.5) is 11.5 Å². The van der Waals surface area contributed by atoms with Gasteiger partial charge in [-0.3, -0.25) is 0 Å². The third kappa shape index (κ3) is 2.14. The molecule has 2 heterocycles. The maximum atomic E-state index is 5.93. The number of hydrogen-bond donors (Lipinski definition) is 1. The summed E-state index contributed by atoms with van der Waals surface area (Å²) in [7, 11) is 0. The van der Waals surface area contributed by atoms with Crippen LogP contribution in [0.1, 0.15) is 11.3 Å². The van der Waals surface area contributed by atoms with Gasteiger partial charge in [0.15, 0.2) is 0 Å². The highest BCUT2D eigenvalue weighted by Crippen LogP contribution is 2.26. The molecule has 3 rings (SSSR count). The van der Waals surface area contributed by atoms with Gasteiger partial charge >= 0.3 is 0 Å². The molecule has 92 valence electrons. The first kappa shape index (κ1) is 11.7. The Balaban J connectivity index is 1.93. The highest BCUT2D eigenvalue weighted by molar-refractivity contribution is 14.1. The molecule has 0 amide bonds. The van der Waals surface area contributed by atoms with E-state index in [-0.39, 0.29) is 0 Å². The number of halogens is 1. The van der Waals surface area contributed by atoms with Crippen LogP contribution in [0.15, 0.2) is 30.6 Å². The highest BCUT2D eigenvalue weighted by Gasteiger charge is 2.20. The number of aromatic nitrogens is 2. The molecule has 2 N–H and O–H groups in total. The predicted molar refractivity (Wildman–Crippen MR) is 80.4 cm³/mol. The number of nitrogens with zero attached hydrogens (tertiary/aromatic N) is 3. The summed E-state index contributed by atoms with van der Waals surface area (Å²) in [5.74, 6) is 0.607. The van der Waals surface area contributed by atoms with Crippen molar-refractivity contribution < 1.29 is 0 Å². The normalized spacial score (nSPS) is 14.4. The van der Waals surface area contributed by atoms with E-state index in [1.54, 1.807) is 6.33 Å². The first-order valence-electron chi connectivity index (χ1n) is 5.83. The van der Waals surface area contributed by atoms with Gasteiger partial charge in [-0.2, -0.15) is 0 Å². The van der Waals surface area contributed by atoms with Crippen molar-refractivity contribution in [2.75, 3.05) is 17.2 Å². The predicted octanol–water partition coefficient (Wildman–Crippen LogP) is 2.23. The minimum absolute atomic E-state index is 0.607. The number of rotatable bonds is 1. The molecule has 2 aromatic rings. The molecule has 4 nitrogen and oxygen atoms in total. The van der Waals surface area contributed by atoms with E-state index < -0.39 is 0 Å². The third-order valence-corrected chi connectivity index (χ3v) is 3.88. The zero-order chi connectivity index (χ0) is 12.5. The van der Waals surface area contributed by atoms with Crippen LogP contribution in [-0.2, 0) is 13.0 Å². The van der Waals surface area contributed by atoms with Crippen LogP contribution in [0.2, 0.25) is 0 Å². The van der Waals surface area contributed by atoms with Gasteiger partial charge in [0.2, 0.25) is 0 Å². The first-order chi connectivity index (χ1) is 8.74.